The molecule has 60 heavy (non-hydrogen) atoms. The summed E-state index contributed by atoms with van der Waals surface area (Å²) in [7, 11) is 0. The Morgan fingerprint density at radius 3 is 0.717 bits per heavy atom. The van der Waals surface area contributed by atoms with E-state index in [0.29, 0.717) is 145 Å². The molecule has 0 aliphatic heterocycles. The van der Waals surface area contributed by atoms with E-state index in [1.54, 1.807) is 0 Å². The summed E-state index contributed by atoms with van der Waals surface area (Å²) in [5.74, 6) is -0.385. The van der Waals surface area contributed by atoms with Gasteiger partial charge in [0.15, 0.2) is 0 Å². The molecule has 0 bridgehead atoms. The van der Waals surface area contributed by atoms with Crippen molar-refractivity contribution in [2.45, 2.75) is 136 Å². The lowest BCUT2D eigenvalue weighted by Gasteiger charge is -2.19. The van der Waals surface area contributed by atoms with Crippen LogP contribution in [0.2, 0.25) is 0 Å². The van der Waals surface area contributed by atoms with E-state index < -0.39 is 5.60 Å². The summed E-state index contributed by atoms with van der Waals surface area (Å²) in [5.41, 5.74) is -0.511. The van der Waals surface area contributed by atoms with Crippen LogP contribution < -0.4 is 0 Å². The fourth-order valence-electron chi connectivity index (χ4n) is 5.70. The minimum absolute atomic E-state index is 0.0822. The van der Waals surface area contributed by atoms with Gasteiger partial charge in [-0.2, -0.15) is 0 Å². The normalized spacial score (nSPS) is 11.9. The van der Waals surface area contributed by atoms with Crippen LogP contribution in [-0.4, -0.2) is 170 Å². The van der Waals surface area contributed by atoms with Gasteiger partial charge < -0.3 is 61.6 Å². The first-order chi connectivity index (χ1) is 29.5. The number of carbonyl (C=O) groups is 1. The summed E-state index contributed by atoms with van der Waals surface area (Å²) in [6.07, 6.45) is 22.1. The van der Waals surface area contributed by atoms with Gasteiger partial charge in [-0.3, -0.25) is 0 Å². The summed E-state index contributed by atoms with van der Waals surface area (Å²) < 4.78 is 71.1. The predicted molar refractivity (Wildman–Crippen MR) is 235 cm³/mol. The van der Waals surface area contributed by atoms with Gasteiger partial charge in [0.1, 0.15) is 12.2 Å². The molecule has 14 heteroatoms. The summed E-state index contributed by atoms with van der Waals surface area (Å²) in [6.45, 7) is 19.5. The monoisotopic (exact) mass is 869 g/mol. The summed E-state index contributed by atoms with van der Waals surface area (Å²) in [6, 6.07) is 0. The second kappa shape index (κ2) is 50.6. The number of rotatable bonds is 52. The van der Waals surface area contributed by atoms with E-state index in [1.165, 1.54) is 96.3 Å². The van der Waals surface area contributed by atoms with Crippen molar-refractivity contribution in [3.8, 4) is 0 Å². The molecule has 0 aromatic heterocycles. The molecule has 0 saturated heterocycles. The lowest BCUT2D eigenvalue weighted by Crippen LogP contribution is -2.27. The highest BCUT2D eigenvalue weighted by atomic mass is 16.6. The van der Waals surface area contributed by atoms with Crippen molar-refractivity contribution < 1.29 is 66.4 Å². The molecule has 14 nitrogen and oxygen atoms in total. The molecule has 0 aliphatic rings. The molecule has 0 atom stereocenters. The lowest BCUT2D eigenvalue weighted by molar-refractivity contribution is -0.160. The van der Waals surface area contributed by atoms with Crippen LogP contribution in [0.15, 0.2) is 0 Å². The third-order valence-corrected chi connectivity index (χ3v) is 8.87. The van der Waals surface area contributed by atoms with Crippen LogP contribution >= 0.6 is 0 Å². The summed E-state index contributed by atoms with van der Waals surface area (Å²) in [5, 5.41) is 0. The standard InChI is InChI=1S/C46H92O14/c1-5-6-7-8-9-10-11-12-13-14-15-16-17-18-19-20-21-48-22-23-49-24-25-50-26-27-51-28-29-52-30-31-53-32-33-54-34-35-55-36-37-56-38-39-57-40-41-58-42-43-59-44-45(47)60-46(2,3)4/h5-44H2,1-4H3. The Bertz CT molecular complexity index is 816. The molecule has 0 unspecified atom stereocenters. The van der Waals surface area contributed by atoms with Crippen molar-refractivity contribution in [2.75, 3.05) is 159 Å². The maximum absolute atomic E-state index is 11.5. The highest BCUT2D eigenvalue weighted by molar-refractivity contribution is 5.71. The largest absolute Gasteiger partial charge is 0.458 e. The Hall–Kier alpha value is -1.01. The smallest absolute Gasteiger partial charge is 0.332 e. The van der Waals surface area contributed by atoms with Crippen LogP contribution in [0.25, 0.3) is 0 Å². The number of carbonyl (C=O) groups excluding carboxylic acids is 1. The molecular weight excluding hydrogens is 776 g/mol. The fourth-order valence-corrected chi connectivity index (χ4v) is 5.70. The fraction of sp³-hybridized carbons (Fsp3) is 0.978. The van der Waals surface area contributed by atoms with Gasteiger partial charge in [-0.25, -0.2) is 4.79 Å². The minimum atomic E-state index is -0.511. The van der Waals surface area contributed by atoms with Crippen molar-refractivity contribution in [1.82, 2.24) is 0 Å². The van der Waals surface area contributed by atoms with Gasteiger partial charge in [0, 0.05) is 6.61 Å². The molecule has 0 aromatic carbocycles. The first-order valence-corrected chi connectivity index (χ1v) is 23.6. The Morgan fingerprint density at radius 2 is 0.483 bits per heavy atom. The summed E-state index contributed by atoms with van der Waals surface area (Å²) in [4.78, 5) is 11.5. The van der Waals surface area contributed by atoms with E-state index in [2.05, 4.69) is 6.92 Å². The zero-order valence-electron chi connectivity index (χ0n) is 39.0. The third-order valence-electron chi connectivity index (χ3n) is 8.87. The van der Waals surface area contributed by atoms with Crippen LogP contribution in [0.4, 0.5) is 0 Å². The van der Waals surface area contributed by atoms with Crippen LogP contribution in [-0.2, 0) is 66.4 Å². The molecule has 0 N–H and O–H groups in total. The molecule has 0 aliphatic carbocycles. The van der Waals surface area contributed by atoms with Gasteiger partial charge >= 0.3 is 5.97 Å². The van der Waals surface area contributed by atoms with Crippen LogP contribution in [0.1, 0.15) is 130 Å². The second-order valence-electron chi connectivity index (χ2n) is 15.7. The number of esters is 1. The van der Waals surface area contributed by atoms with Crippen molar-refractivity contribution >= 4 is 5.97 Å². The first kappa shape index (κ1) is 59.0. The predicted octanol–water partition coefficient (Wildman–Crippen LogP) is 7.79. The second-order valence-corrected chi connectivity index (χ2v) is 15.7. The van der Waals surface area contributed by atoms with E-state index >= 15 is 0 Å². The van der Waals surface area contributed by atoms with Crippen LogP contribution in [0.5, 0.6) is 0 Å². The van der Waals surface area contributed by atoms with Crippen LogP contribution in [0, 0.1) is 0 Å². The SMILES string of the molecule is CCCCCCCCCCCCCCCCCCOCCOCCOCCOCCOCCOCCOCCOCCOCCOCCOCCOCC(=O)OC(C)(C)C. The Morgan fingerprint density at radius 1 is 0.283 bits per heavy atom. The van der Waals surface area contributed by atoms with Gasteiger partial charge in [0.2, 0.25) is 0 Å². The number of hydrogen-bond donors (Lipinski definition) is 0. The Labute approximate surface area is 366 Å². The molecular formula is C46H92O14. The Balaban J connectivity index is 3.09. The van der Waals surface area contributed by atoms with E-state index in [0.717, 1.165) is 13.0 Å². The average Bonchev–Trinajstić information content (AvgIpc) is 3.22. The highest BCUT2D eigenvalue weighted by Gasteiger charge is 2.15. The molecule has 0 saturated carbocycles. The molecule has 0 amide bonds. The maximum atomic E-state index is 11.5. The van der Waals surface area contributed by atoms with E-state index in [4.69, 9.17) is 61.6 Å². The summed E-state index contributed by atoms with van der Waals surface area (Å²) >= 11 is 0. The Kier molecular flexibility index (Phi) is 49.8. The maximum Gasteiger partial charge on any atom is 0.332 e. The number of ether oxygens (including phenoxy) is 13. The zero-order chi connectivity index (χ0) is 43.6. The minimum Gasteiger partial charge on any atom is -0.458 e. The molecule has 0 heterocycles. The van der Waals surface area contributed by atoms with E-state index in [1.807, 2.05) is 20.8 Å². The average molecular weight is 869 g/mol. The van der Waals surface area contributed by atoms with Crippen molar-refractivity contribution in [3.63, 3.8) is 0 Å². The van der Waals surface area contributed by atoms with Gasteiger partial charge in [-0.05, 0) is 27.2 Å². The molecule has 0 aromatic rings. The number of hydrogen-bond acceptors (Lipinski definition) is 14. The van der Waals surface area contributed by atoms with Crippen LogP contribution in [0.3, 0.4) is 0 Å². The van der Waals surface area contributed by atoms with Gasteiger partial charge in [0.05, 0.1) is 145 Å². The molecule has 0 spiro atoms. The van der Waals surface area contributed by atoms with Crippen molar-refractivity contribution in [3.05, 3.63) is 0 Å². The highest BCUT2D eigenvalue weighted by Crippen LogP contribution is 2.14. The lowest BCUT2D eigenvalue weighted by atomic mass is 10.0. The number of unbranched alkanes of at least 4 members (excludes halogenated alkanes) is 15. The molecule has 0 rings (SSSR count). The van der Waals surface area contributed by atoms with Crippen molar-refractivity contribution in [2.24, 2.45) is 0 Å². The topological polar surface area (TPSA) is 137 Å². The quantitative estimate of drug-likeness (QED) is 0.0435. The van der Waals surface area contributed by atoms with Gasteiger partial charge in [0.25, 0.3) is 0 Å². The zero-order valence-corrected chi connectivity index (χ0v) is 39.0. The molecule has 0 radical (unpaired) electrons. The first-order valence-electron chi connectivity index (χ1n) is 23.6. The van der Waals surface area contributed by atoms with Crippen molar-refractivity contribution in [1.29, 1.82) is 0 Å². The molecule has 360 valence electrons. The van der Waals surface area contributed by atoms with E-state index in [-0.39, 0.29) is 12.6 Å². The van der Waals surface area contributed by atoms with E-state index in [9.17, 15) is 4.79 Å². The molecule has 0 fully saturated rings. The van der Waals surface area contributed by atoms with Gasteiger partial charge in [-0.15, -0.1) is 0 Å². The third kappa shape index (κ3) is 55.0. The van der Waals surface area contributed by atoms with Gasteiger partial charge in [-0.1, -0.05) is 103 Å².